The largest absolute Gasteiger partial charge is 0.271 e. The maximum absolute atomic E-state index is 14.4. The number of rotatable bonds is 2. The molecule has 1 saturated carbocycles. The van der Waals surface area contributed by atoms with Gasteiger partial charge in [-0.2, -0.15) is 5.10 Å². The van der Waals surface area contributed by atoms with Crippen molar-refractivity contribution >= 4 is 22.5 Å². The van der Waals surface area contributed by atoms with Crippen molar-refractivity contribution in [1.82, 2.24) is 19.7 Å². The van der Waals surface area contributed by atoms with Crippen LogP contribution < -0.4 is 0 Å². The second-order valence-corrected chi connectivity index (χ2v) is 5.81. The van der Waals surface area contributed by atoms with E-state index in [0.717, 1.165) is 24.7 Å². The average molecular weight is 321 g/mol. The molecule has 2 aromatic heterocycles. The van der Waals surface area contributed by atoms with Crippen molar-refractivity contribution in [3.8, 4) is 11.3 Å². The van der Waals surface area contributed by atoms with Crippen molar-refractivity contribution < 1.29 is 8.78 Å². The highest BCUT2D eigenvalue weighted by atomic mass is 35.5. The van der Waals surface area contributed by atoms with Gasteiger partial charge in [0.25, 0.3) is 0 Å². The number of hydrogen-bond donors (Lipinski definition) is 0. The van der Waals surface area contributed by atoms with Gasteiger partial charge in [0.15, 0.2) is 11.6 Å². The Morgan fingerprint density at radius 3 is 2.73 bits per heavy atom. The molecule has 2 heterocycles. The fraction of sp³-hybridized carbons (Fsp3) is 0.267. The molecule has 0 atom stereocenters. The first kappa shape index (κ1) is 13.6. The fourth-order valence-electron chi connectivity index (χ4n) is 2.80. The summed E-state index contributed by atoms with van der Waals surface area (Å²) in [6.07, 6.45) is 3.11. The summed E-state index contributed by atoms with van der Waals surface area (Å²) in [5.74, 6) is -0.743. The van der Waals surface area contributed by atoms with Gasteiger partial charge in [-0.05, 0) is 36.6 Å². The Balaban J connectivity index is 1.99. The monoisotopic (exact) mass is 320 g/mol. The predicted molar refractivity (Wildman–Crippen MR) is 78.6 cm³/mol. The predicted octanol–water partition coefficient (Wildman–Crippen LogP) is 3.84. The van der Waals surface area contributed by atoms with E-state index < -0.39 is 11.6 Å². The third-order valence-corrected chi connectivity index (χ3v) is 4.07. The van der Waals surface area contributed by atoms with E-state index in [4.69, 9.17) is 11.6 Å². The van der Waals surface area contributed by atoms with Gasteiger partial charge in [0.05, 0.1) is 6.20 Å². The zero-order valence-corrected chi connectivity index (χ0v) is 12.4. The van der Waals surface area contributed by atoms with Gasteiger partial charge in [-0.25, -0.2) is 18.7 Å². The second-order valence-electron chi connectivity index (χ2n) is 5.47. The summed E-state index contributed by atoms with van der Waals surface area (Å²) in [6, 6.07) is 2.95. The third-order valence-electron chi connectivity index (χ3n) is 3.89. The molecule has 3 aromatic rings. The molecule has 112 valence electrons. The van der Waals surface area contributed by atoms with Gasteiger partial charge in [0.2, 0.25) is 5.28 Å². The lowest BCUT2D eigenvalue weighted by Crippen LogP contribution is -1.95. The SMILES string of the molecule is Cn1nc2c(F)cc(-c3nc(Cl)ncc3F)cc2c1C1CC1. The molecule has 0 unspecified atom stereocenters. The summed E-state index contributed by atoms with van der Waals surface area (Å²) >= 11 is 5.72. The molecule has 7 heteroatoms. The summed E-state index contributed by atoms with van der Waals surface area (Å²) in [7, 11) is 1.80. The van der Waals surface area contributed by atoms with E-state index in [1.807, 2.05) is 0 Å². The highest BCUT2D eigenvalue weighted by Gasteiger charge is 2.30. The van der Waals surface area contributed by atoms with E-state index in [9.17, 15) is 8.78 Å². The topological polar surface area (TPSA) is 43.6 Å². The fourth-order valence-corrected chi connectivity index (χ4v) is 2.93. The Labute approximate surface area is 129 Å². The molecule has 0 saturated heterocycles. The van der Waals surface area contributed by atoms with Crippen LogP contribution in [0, 0.1) is 11.6 Å². The third kappa shape index (κ3) is 2.06. The van der Waals surface area contributed by atoms with Crippen LogP contribution in [0.1, 0.15) is 24.5 Å². The van der Waals surface area contributed by atoms with Crippen LogP contribution in [0.5, 0.6) is 0 Å². The number of benzene rings is 1. The van der Waals surface area contributed by atoms with Crippen molar-refractivity contribution in [3.05, 3.63) is 40.9 Å². The molecule has 0 aliphatic heterocycles. The standard InChI is InChI=1S/C15H11ClF2N4/c1-22-14(7-2-3-7)9-4-8(5-10(17)13(9)21-22)12-11(18)6-19-15(16)20-12/h4-7H,2-3H2,1H3. The van der Waals surface area contributed by atoms with Crippen LogP contribution in [0.3, 0.4) is 0 Å². The first-order valence-corrected chi connectivity index (χ1v) is 7.27. The van der Waals surface area contributed by atoms with Gasteiger partial charge in [-0.1, -0.05) is 0 Å². The summed E-state index contributed by atoms with van der Waals surface area (Å²) in [5, 5.41) is 4.86. The average Bonchev–Trinajstić information content (AvgIpc) is 3.24. The quantitative estimate of drug-likeness (QED) is 0.674. The first-order chi connectivity index (χ1) is 10.5. The minimum Gasteiger partial charge on any atom is -0.271 e. The number of halogens is 3. The zero-order chi connectivity index (χ0) is 15.4. The number of aryl methyl sites for hydroxylation is 1. The maximum atomic E-state index is 14.4. The van der Waals surface area contributed by atoms with Crippen LogP contribution in [-0.2, 0) is 7.05 Å². The Bertz CT molecular complexity index is 902. The Kier molecular flexibility index (Phi) is 2.91. The molecule has 0 N–H and O–H groups in total. The first-order valence-electron chi connectivity index (χ1n) is 6.89. The van der Waals surface area contributed by atoms with Gasteiger partial charge in [-0.3, -0.25) is 4.68 Å². The van der Waals surface area contributed by atoms with Gasteiger partial charge in [0.1, 0.15) is 11.2 Å². The van der Waals surface area contributed by atoms with E-state index in [2.05, 4.69) is 15.1 Å². The minimum absolute atomic E-state index is 0.00796. The molecule has 1 aliphatic rings. The van der Waals surface area contributed by atoms with Crippen LogP contribution in [0.2, 0.25) is 5.28 Å². The molecule has 4 nitrogen and oxygen atoms in total. The van der Waals surface area contributed by atoms with E-state index in [1.165, 1.54) is 6.07 Å². The van der Waals surface area contributed by atoms with Gasteiger partial charge in [0, 0.05) is 29.6 Å². The van der Waals surface area contributed by atoms with Crippen molar-refractivity contribution in [2.45, 2.75) is 18.8 Å². The molecule has 0 bridgehead atoms. The summed E-state index contributed by atoms with van der Waals surface area (Å²) in [6.45, 7) is 0. The van der Waals surface area contributed by atoms with Crippen molar-refractivity contribution in [2.24, 2.45) is 7.05 Å². The molecular weight excluding hydrogens is 310 g/mol. The van der Waals surface area contributed by atoms with Crippen LogP contribution >= 0.6 is 11.6 Å². The van der Waals surface area contributed by atoms with Crippen LogP contribution in [0.4, 0.5) is 8.78 Å². The molecule has 22 heavy (non-hydrogen) atoms. The minimum atomic E-state index is -0.639. The highest BCUT2D eigenvalue weighted by molar-refractivity contribution is 6.28. The molecule has 1 aliphatic carbocycles. The molecule has 1 aromatic carbocycles. The molecule has 0 amide bonds. The van der Waals surface area contributed by atoms with Crippen molar-refractivity contribution in [1.29, 1.82) is 0 Å². The van der Waals surface area contributed by atoms with E-state index in [-0.39, 0.29) is 11.0 Å². The normalized spacial score (nSPS) is 14.7. The maximum Gasteiger partial charge on any atom is 0.223 e. The van der Waals surface area contributed by atoms with Crippen molar-refractivity contribution in [3.63, 3.8) is 0 Å². The van der Waals surface area contributed by atoms with Crippen LogP contribution in [0.25, 0.3) is 22.2 Å². The summed E-state index contributed by atoms with van der Waals surface area (Å²) in [5.41, 5.74) is 1.61. The van der Waals surface area contributed by atoms with Crippen molar-refractivity contribution in [2.75, 3.05) is 0 Å². The van der Waals surface area contributed by atoms with E-state index in [0.29, 0.717) is 22.4 Å². The number of fused-ring (bicyclic) bond motifs is 1. The lowest BCUT2D eigenvalue weighted by Gasteiger charge is -2.05. The van der Waals surface area contributed by atoms with Gasteiger partial charge < -0.3 is 0 Å². The molecular formula is C15H11ClF2N4. The summed E-state index contributed by atoms with van der Waals surface area (Å²) < 4.78 is 30.0. The second kappa shape index (κ2) is 4.71. The van der Waals surface area contributed by atoms with Gasteiger partial charge in [-0.15, -0.1) is 0 Å². The number of hydrogen-bond acceptors (Lipinski definition) is 3. The zero-order valence-electron chi connectivity index (χ0n) is 11.6. The molecule has 0 radical (unpaired) electrons. The number of aromatic nitrogens is 4. The Morgan fingerprint density at radius 1 is 1.23 bits per heavy atom. The molecule has 1 fully saturated rings. The smallest absolute Gasteiger partial charge is 0.223 e. The summed E-state index contributed by atoms with van der Waals surface area (Å²) in [4.78, 5) is 7.45. The van der Waals surface area contributed by atoms with E-state index >= 15 is 0 Å². The highest BCUT2D eigenvalue weighted by Crippen LogP contribution is 2.44. The lowest BCUT2D eigenvalue weighted by molar-refractivity contribution is 0.616. The van der Waals surface area contributed by atoms with Gasteiger partial charge >= 0.3 is 0 Å². The van der Waals surface area contributed by atoms with E-state index in [1.54, 1.807) is 17.8 Å². The number of nitrogens with zero attached hydrogens (tertiary/aromatic N) is 4. The van der Waals surface area contributed by atoms with Crippen LogP contribution in [-0.4, -0.2) is 19.7 Å². The van der Waals surface area contributed by atoms with Crippen LogP contribution in [0.15, 0.2) is 18.3 Å². The Hall–Kier alpha value is -2.08. The Morgan fingerprint density at radius 2 is 2.00 bits per heavy atom. The molecule has 4 rings (SSSR count). The molecule has 0 spiro atoms. The lowest BCUT2D eigenvalue weighted by atomic mass is 10.1.